The first-order chi connectivity index (χ1) is 8.20. The molecule has 0 bridgehead atoms. The van der Waals surface area contributed by atoms with Crippen LogP contribution in [0.25, 0.3) is 0 Å². The Morgan fingerprint density at radius 2 is 2.47 bits per heavy atom. The van der Waals surface area contributed by atoms with Gasteiger partial charge in [-0.05, 0) is 39.3 Å². The Bertz CT molecular complexity index is 525. The van der Waals surface area contributed by atoms with Crippen molar-refractivity contribution in [3.8, 4) is 0 Å². The maximum atomic E-state index is 11.5. The minimum atomic E-state index is -0.506. The van der Waals surface area contributed by atoms with Crippen molar-refractivity contribution in [3.63, 3.8) is 0 Å². The van der Waals surface area contributed by atoms with Gasteiger partial charge in [0.1, 0.15) is 0 Å². The summed E-state index contributed by atoms with van der Waals surface area (Å²) >= 11 is 4.93. The van der Waals surface area contributed by atoms with Gasteiger partial charge < -0.3 is 4.74 Å². The maximum absolute atomic E-state index is 11.5. The molecule has 6 nitrogen and oxygen atoms in total. The molecule has 0 atom stereocenters. The van der Waals surface area contributed by atoms with E-state index in [1.807, 2.05) is 11.4 Å². The van der Waals surface area contributed by atoms with Gasteiger partial charge in [0.2, 0.25) is 0 Å². The highest BCUT2D eigenvalue weighted by molar-refractivity contribution is 9.10. The lowest BCUT2D eigenvalue weighted by Crippen LogP contribution is -2.14. The molecule has 0 radical (unpaired) electrons. The van der Waals surface area contributed by atoms with E-state index in [1.54, 1.807) is 18.3 Å². The average Bonchev–Trinajstić information content (AvgIpc) is 2.89. The lowest BCUT2D eigenvalue weighted by molar-refractivity contribution is 0.0505. The largest absolute Gasteiger partial charge is 0.460 e. The van der Waals surface area contributed by atoms with E-state index in [0.29, 0.717) is 13.2 Å². The average molecular weight is 317 g/mol. The molecule has 2 aromatic rings. The SMILES string of the molecule is CCOC(=O)c1nnnn1Cc1cc(Br)cs1. The molecule has 17 heavy (non-hydrogen) atoms. The zero-order valence-electron chi connectivity index (χ0n) is 8.96. The standard InChI is InChI=1S/C9H9BrN4O2S/c1-2-16-9(15)8-11-12-13-14(8)4-7-3-6(10)5-17-7/h3,5H,2,4H2,1H3. The third-order valence-electron chi connectivity index (χ3n) is 1.92. The normalized spacial score (nSPS) is 10.5. The minimum absolute atomic E-state index is 0.122. The summed E-state index contributed by atoms with van der Waals surface area (Å²) in [6.45, 7) is 2.50. The van der Waals surface area contributed by atoms with E-state index in [2.05, 4.69) is 31.5 Å². The molecule has 0 amide bonds. The highest BCUT2D eigenvalue weighted by Crippen LogP contribution is 2.20. The quantitative estimate of drug-likeness (QED) is 0.803. The van der Waals surface area contributed by atoms with Crippen LogP contribution < -0.4 is 0 Å². The molecule has 0 aromatic carbocycles. The van der Waals surface area contributed by atoms with Crippen molar-refractivity contribution in [2.45, 2.75) is 13.5 Å². The number of halogens is 1. The van der Waals surface area contributed by atoms with Crippen molar-refractivity contribution >= 4 is 33.2 Å². The van der Waals surface area contributed by atoms with Gasteiger partial charge in [-0.15, -0.1) is 16.4 Å². The highest BCUT2D eigenvalue weighted by Gasteiger charge is 2.17. The van der Waals surface area contributed by atoms with Gasteiger partial charge in [-0.2, -0.15) is 0 Å². The molecule has 0 unspecified atom stereocenters. The van der Waals surface area contributed by atoms with Crippen LogP contribution in [0.4, 0.5) is 0 Å². The van der Waals surface area contributed by atoms with Crippen LogP contribution in [0.5, 0.6) is 0 Å². The molecule has 2 aromatic heterocycles. The second-order valence-electron chi connectivity index (χ2n) is 3.11. The lowest BCUT2D eigenvalue weighted by Gasteiger charge is -2.02. The number of aromatic nitrogens is 4. The van der Waals surface area contributed by atoms with Crippen molar-refractivity contribution in [1.82, 2.24) is 20.2 Å². The number of tetrazole rings is 1. The summed E-state index contributed by atoms with van der Waals surface area (Å²) in [6.07, 6.45) is 0. The number of thiophene rings is 1. The number of rotatable bonds is 4. The number of esters is 1. The molecule has 0 saturated carbocycles. The van der Waals surface area contributed by atoms with E-state index >= 15 is 0 Å². The van der Waals surface area contributed by atoms with E-state index in [9.17, 15) is 4.79 Å². The Kier molecular flexibility index (Phi) is 3.85. The van der Waals surface area contributed by atoms with Crippen LogP contribution in [-0.2, 0) is 11.3 Å². The molecule has 8 heteroatoms. The predicted octanol–water partition coefficient (Wildman–Crippen LogP) is 1.72. The molecule has 0 aliphatic carbocycles. The number of carbonyl (C=O) groups is 1. The monoisotopic (exact) mass is 316 g/mol. The van der Waals surface area contributed by atoms with Crippen molar-refractivity contribution < 1.29 is 9.53 Å². The first-order valence-electron chi connectivity index (χ1n) is 4.87. The predicted molar refractivity (Wildman–Crippen MR) is 64.9 cm³/mol. The van der Waals surface area contributed by atoms with Gasteiger partial charge in [0, 0.05) is 14.7 Å². The van der Waals surface area contributed by atoms with Gasteiger partial charge in [0.25, 0.3) is 5.82 Å². The summed E-state index contributed by atoms with van der Waals surface area (Å²) < 4.78 is 7.29. The number of nitrogens with zero attached hydrogens (tertiary/aromatic N) is 4. The Labute approximate surface area is 110 Å². The Morgan fingerprint density at radius 1 is 1.65 bits per heavy atom. The van der Waals surface area contributed by atoms with Crippen molar-refractivity contribution in [3.05, 3.63) is 26.6 Å². The number of ether oxygens (including phenoxy) is 1. The Balaban J connectivity index is 2.16. The number of carbonyl (C=O) groups excluding carboxylic acids is 1. The first kappa shape index (κ1) is 12.2. The summed E-state index contributed by atoms with van der Waals surface area (Å²) in [5.74, 6) is -0.385. The summed E-state index contributed by atoms with van der Waals surface area (Å²) in [4.78, 5) is 12.6. The van der Waals surface area contributed by atoms with Crippen LogP contribution in [-0.4, -0.2) is 32.8 Å². The second-order valence-corrected chi connectivity index (χ2v) is 5.02. The van der Waals surface area contributed by atoms with Gasteiger partial charge in [0.15, 0.2) is 0 Å². The Morgan fingerprint density at radius 3 is 3.12 bits per heavy atom. The first-order valence-corrected chi connectivity index (χ1v) is 6.54. The molecule has 0 spiro atoms. The summed E-state index contributed by atoms with van der Waals surface area (Å²) in [5.41, 5.74) is 0. The molecule has 0 fully saturated rings. The second kappa shape index (κ2) is 5.37. The molecule has 0 N–H and O–H groups in total. The van der Waals surface area contributed by atoms with Crippen LogP contribution in [0.2, 0.25) is 0 Å². The van der Waals surface area contributed by atoms with Crippen LogP contribution in [0, 0.1) is 0 Å². The third kappa shape index (κ3) is 2.89. The van der Waals surface area contributed by atoms with Crippen LogP contribution in [0.15, 0.2) is 15.9 Å². The fraction of sp³-hybridized carbons (Fsp3) is 0.333. The topological polar surface area (TPSA) is 69.9 Å². The fourth-order valence-corrected chi connectivity index (χ4v) is 2.67. The van der Waals surface area contributed by atoms with E-state index in [1.165, 1.54) is 4.68 Å². The van der Waals surface area contributed by atoms with Crippen LogP contribution >= 0.6 is 27.3 Å². The molecule has 0 saturated heterocycles. The molecule has 0 aliphatic heterocycles. The van der Waals surface area contributed by atoms with E-state index in [0.717, 1.165) is 9.35 Å². The van der Waals surface area contributed by atoms with Gasteiger partial charge in [-0.3, -0.25) is 0 Å². The summed E-state index contributed by atoms with van der Waals surface area (Å²) in [5, 5.41) is 12.9. The molecule has 0 aliphatic rings. The summed E-state index contributed by atoms with van der Waals surface area (Å²) in [6, 6.07) is 1.96. The maximum Gasteiger partial charge on any atom is 0.378 e. The van der Waals surface area contributed by atoms with E-state index in [-0.39, 0.29) is 5.82 Å². The fourth-order valence-electron chi connectivity index (χ4n) is 1.24. The lowest BCUT2D eigenvalue weighted by atomic mass is 10.4. The number of hydrogen-bond acceptors (Lipinski definition) is 6. The Hall–Kier alpha value is -1.28. The van der Waals surface area contributed by atoms with Gasteiger partial charge in [0.05, 0.1) is 13.2 Å². The third-order valence-corrected chi connectivity index (χ3v) is 3.60. The highest BCUT2D eigenvalue weighted by atomic mass is 79.9. The summed E-state index contributed by atoms with van der Waals surface area (Å²) in [7, 11) is 0. The van der Waals surface area contributed by atoms with E-state index < -0.39 is 5.97 Å². The molecular formula is C9H9BrN4O2S. The molecule has 90 valence electrons. The van der Waals surface area contributed by atoms with Crippen molar-refractivity contribution in [2.24, 2.45) is 0 Å². The van der Waals surface area contributed by atoms with Crippen molar-refractivity contribution in [1.29, 1.82) is 0 Å². The van der Waals surface area contributed by atoms with E-state index in [4.69, 9.17) is 4.74 Å². The van der Waals surface area contributed by atoms with Gasteiger partial charge >= 0.3 is 5.97 Å². The van der Waals surface area contributed by atoms with Gasteiger partial charge in [-0.1, -0.05) is 0 Å². The zero-order chi connectivity index (χ0) is 12.3. The smallest absolute Gasteiger partial charge is 0.378 e. The zero-order valence-corrected chi connectivity index (χ0v) is 11.4. The van der Waals surface area contributed by atoms with Crippen LogP contribution in [0.1, 0.15) is 22.4 Å². The number of hydrogen-bond donors (Lipinski definition) is 0. The van der Waals surface area contributed by atoms with Crippen molar-refractivity contribution in [2.75, 3.05) is 6.61 Å². The molecular weight excluding hydrogens is 308 g/mol. The molecule has 2 heterocycles. The van der Waals surface area contributed by atoms with Crippen LogP contribution in [0.3, 0.4) is 0 Å². The minimum Gasteiger partial charge on any atom is -0.460 e. The molecule has 2 rings (SSSR count). The van der Waals surface area contributed by atoms with Gasteiger partial charge in [-0.25, -0.2) is 9.48 Å².